The molecular formula is C13H23N5O. The molecule has 0 aliphatic carbocycles. The maximum atomic E-state index is 11.6. The lowest BCUT2D eigenvalue weighted by Crippen LogP contribution is -2.35. The average molecular weight is 265 g/mol. The first kappa shape index (κ1) is 15.2. The fraction of sp³-hybridized carbons (Fsp3) is 0.615. The minimum atomic E-state index is -0.0448. The maximum Gasteiger partial charge on any atom is 0.239 e. The molecule has 0 aromatic carbocycles. The molecule has 1 heterocycles. The van der Waals surface area contributed by atoms with E-state index >= 15 is 0 Å². The van der Waals surface area contributed by atoms with Crippen molar-refractivity contribution in [2.24, 2.45) is 0 Å². The molecule has 0 saturated heterocycles. The lowest BCUT2D eigenvalue weighted by Gasteiger charge is -2.11. The van der Waals surface area contributed by atoms with E-state index in [4.69, 9.17) is 0 Å². The molecule has 1 aromatic rings. The normalized spacial score (nSPS) is 10.4. The van der Waals surface area contributed by atoms with Crippen LogP contribution in [0.3, 0.4) is 0 Å². The number of aromatic nitrogens is 2. The number of aryl methyl sites for hydroxylation is 1. The molecule has 0 aliphatic heterocycles. The van der Waals surface area contributed by atoms with Gasteiger partial charge in [0.15, 0.2) is 0 Å². The Hall–Kier alpha value is -1.85. The van der Waals surface area contributed by atoms with Gasteiger partial charge in [-0.1, -0.05) is 6.92 Å². The molecule has 19 heavy (non-hydrogen) atoms. The highest BCUT2D eigenvalue weighted by Gasteiger charge is 2.06. The second-order valence-electron chi connectivity index (χ2n) is 4.51. The highest BCUT2D eigenvalue weighted by Crippen LogP contribution is 2.11. The van der Waals surface area contributed by atoms with Crippen LogP contribution in [-0.2, 0) is 11.2 Å². The van der Waals surface area contributed by atoms with E-state index in [9.17, 15) is 4.79 Å². The summed E-state index contributed by atoms with van der Waals surface area (Å²) in [7, 11) is 0. The average Bonchev–Trinajstić information content (AvgIpc) is 2.35. The Morgan fingerprint density at radius 1 is 1.21 bits per heavy atom. The van der Waals surface area contributed by atoms with Crippen molar-refractivity contribution in [1.29, 1.82) is 0 Å². The van der Waals surface area contributed by atoms with E-state index in [1.54, 1.807) is 0 Å². The Kier molecular flexibility index (Phi) is 6.05. The SMILES string of the molecule is CCNc1cc(NCC(=O)NC(C)C)nc(CC)n1. The number of hydrogen-bond donors (Lipinski definition) is 3. The van der Waals surface area contributed by atoms with Crippen molar-refractivity contribution in [3.8, 4) is 0 Å². The van der Waals surface area contributed by atoms with Gasteiger partial charge in [0.05, 0.1) is 6.54 Å². The molecule has 0 fully saturated rings. The fourth-order valence-corrected chi connectivity index (χ4v) is 1.56. The van der Waals surface area contributed by atoms with Crippen LogP contribution in [-0.4, -0.2) is 35.0 Å². The molecule has 6 nitrogen and oxygen atoms in total. The van der Waals surface area contributed by atoms with Gasteiger partial charge in [0.2, 0.25) is 5.91 Å². The number of rotatable bonds is 7. The summed E-state index contributed by atoms with van der Waals surface area (Å²) in [5.74, 6) is 2.16. The largest absolute Gasteiger partial charge is 0.370 e. The van der Waals surface area contributed by atoms with Crippen molar-refractivity contribution in [2.75, 3.05) is 23.7 Å². The van der Waals surface area contributed by atoms with Crippen LogP contribution >= 0.6 is 0 Å². The Bertz CT molecular complexity index is 419. The molecule has 0 atom stereocenters. The smallest absolute Gasteiger partial charge is 0.239 e. The number of nitrogens with one attached hydrogen (secondary N) is 3. The van der Waals surface area contributed by atoms with E-state index in [0.717, 1.165) is 24.6 Å². The van der Waals surface area contributed by atoms with Crippen molar-refractivity contribution in [3.63, 3.8) is 0 Å². The minimum absolute atomic E-state index is 0.0448. The molecule has 0 unspecified atom stereocenters. The second kappa shape index (κ2) is 7.56. The molecule has 0 radical (unpaired) electrons. The first-order valence-corrected chi connectivity index (χ1v) is 6.70. The molecule has 1 amide bonds. The van der Waals surface area contributed by atoms with E-state index in [2.05, 4.69) is 25.9 Å². The van der Waals surface area contributed by atoms with E-state index in [-0.39, 0.29) is 18.5 Å². The van der Waals surface area contributed by atoms with Crippen molar-refractivity contribution in [2.45, 2.75) is 40.2 Å². The standard InChI is InChI=1S/C13H23N5O/c1-5-10-17-11(14-6-2)7-12(18-10)15-8-13(19)16-9(3)4/h7,9H,5-6,8H2,1-4H3,(H,16,19)(H2,14,15,17,18). The topological polar surface area (TPSA) is 78.9 Å². The summed E-state index contributed by atoms with van der Waals surface area (Å²) < 4.78 is 0. The number of carbonyl (C=O) groups excluding carboxylic acids is 1. The summed E-state index contributed by atoms with van der Waals surface area (Å²) in [6.45, 7) is 8.89. The molecule has 0 saturated carbocycles. The monoisotopic (exact) mass is 265 g/mol. The summed E-state index contributed by atoms with van der Waals surface area (Å²) in [5, 5.41) is 8.99. The van der Waals surface area contributed by atoms with Gasteiger partial charge in [0.1, 0.15) is 17.5 Å². The number of carbonyl (C=O) groups is 1. The first-order valence-electron chi connectivity index (χ1n) is 6.70. The number of anilines is 2. The van der Waals surface area contributed by atoms with Gasteiger partial charge in [-0.3, -0.25) is 4.79 Å². The third kappa shape index (κ3) is 5.54. The molecule has 0 spiro atoms. The van der Waals surface area contributed by atoms with Gasteiger partial charge in [0, 0.05) is 25.1 Å². The Labute approximate surface area is 114 Å². The van der Waals surface area contributed by atoms with E-state index < -0.39 is 0 Å². The van der Waals surface area contributed by atoms with Crippen LogP contribution < -0.4 is 16.0 Å². The van der Waals surface area contributed by atoms with Gasteiger partial charge < -0.3 is 16.0 Å². The maximum absolute atomic E-state index is 11.6. The third-order valence-electron chi connectivity index (χ3n) is 2.33. The Morgan fingerprint density at radius 3 is 2.37 bits per heavy atom. The summed E-state index contributed by atoms with van der Waals surface area (Å²) in [6.07, 6.45) is 0.756. The molecule has 1 aromatic heterocycles. The van der Waals surface area contributed by atoms with Crippen LogP contribution in [0, 0.1) is 0 Å². The van der Waals surface area contributed by atoms with Gasteiger partial charge in [-0.2, -0.15) is 0 Å². The first-order chi connectivity index (χ1) is 9.05. The van der Waals surface area contributed by atoms with Crippen LogP contribution in [0.2, 0.25) is 0 Å². The molecule has 6 heteroatoms. The quantitative estimate of drug-likeness (QED) is 0.694. The van der Waals surface area contributed by atoms with Gasteiger partial charge in [-0.15, -0.1) is 0 Å². The van der Waals surface area contributed by atoms with Gasteiger partial charge in [0.25, 0.3) is 0 Å². The van der Waals surface area contributed by atoms with Gasteiger partial charge in [-0.25, -0.2) is 9.97 Å². The van der Waals surface area contributed by atoms with Crippen molar-refractivity contribution in [3.05, 3.63) is 11.9 Å². The summed E-state index contributed by atoms with van der Waals surface area (Å²) in [5.41, 5.74) is 0. The third-order valence-corrected chi connectivity index (χ3v) is 2.33. The molecule has 0 aliphatic rings. The molecule has 106 valence electrons. The summed E-state index contributed by atoms with van der Waals surface area (Å²) >= 11 is 0. The van der Waals surface area contributed by atoms with Crippen molar-refractivity contribution in [1.82, 2.24) is 15.3 Å². The zero-order valence-electron chi connectivity index (χ0n) is 12.1. The lowest BCUT2D eigenvalue weighted by atomic mass is 10.4. The van der Waals surface area contributed by atoms with Crippen molar-refractivity contribution >= 4 is 17.5 Å². The summed E-state index contributed by atoms with van der Waals surface area (Å²) in [4.78, 5) is 20.3. The summed E-state index contributed by atoms with van der Waals surface area (Å²) in [6, 6.07) is 1.95. The Morgan fingerprint density at radius 2 is 1.84 bits per heavy atom. The molecule has 3 N–H and O–H groups in total. The van der Waals surface area contributed by atoms with Crippen LogP contribution in [0.5, 0.6) is 0 Å². The van der Waals surface area contributed by atoms with E-state index in [1.165, 1.54) is 0 Å². The van der Waals surface area contributed by atoms with Crippen LogP contribution in [0.1, 0.15) is 33.5 Å². The molecule has 0 bridgehead atoms. The highest BCUT2D eigenvalue weighted by atomic mass is 16.1. The predicted octanol–water partition coefficient (Wildman–Crippen LogP) is 1.41. The minimum Gasteiger partial charge on any atom is -0.370 e. The fourth-order valence-electron chi connectivity index (χ4n) is 1.56. The lowest BCUT2D eigenvalue weighted by molar-refractivity contribution is -0.119. The number of hydrogen-bond acceptors (Lipinski definition) is 5. The van der Waals surface area contributed by atoms with Crippen molar-refractivity contribution < 1.29 is 4.79 Å². The zero-order valence-corrected chi connectivity index (χ0v) is 12.1. The molecule has 1 rings (SSSR count). The van der Waals surface area contributed by atoms with Gasteiger partial charge >= 0.3 is 0 Å². The zero-order chi connectivity index (χ0) is 14.3. The Balaban J connectivity index is 2.66. The predicted molar refractivity (Wildman–Crippen MR) is 77.3 cm³/mol. The number of nitrogens with zero attached hydrogens (tertiary/aromatic N) is 2. The van der Waals surface area contributed by atoms with E-state index in [0.29, 0.717) is 5.82 Å². The highest BCUT2D eigenvalue weighted by molar-refractivity contribution is 5.80. The number of amides is 1. The van der Waals surface area contributed by atoms with Crippen LogP contribution in [0.4, 0.5) is 11.6 Å². The molecular weight excluding hydrogens is 242 g/mol. The second-order valence-corrected chi connectivity index (χ2v) is 4.51. The van der Waals surface area contributed by atoms with Gasteiger partial charge in [-0.05, 0) is 20.8 Å². The van der Waals surface area contributed by atoms with Crippen LogP contribution in [0.15, 0.2) is 6.07 Å². The van der Waals surface area contributed by atoms with Crippen LogP contribution in [0.25, 0.3) is 0 Å². The van der Waals surface area contributed by atoms with E-state index in [1.807, 2.05) is 33.8 Å².